The van der Waals surface area contributed by atoms with Crippen LogP contribution in [0.2, 0.25) is 5.02 Å². The van der Waals surface area contributed by atoms with Gasteiger partial charge in [-0.3, -0.25) is 0 Å². The number of halogens is 2. The molecule has 0 saturated carbocycles. The van der Waals surface area contributed by atoms with Crippen LogP contribution < -0.4 is 10.5 Å². The average molecular weight is 296 g/mol. The Morgan fingerprint density at radius 2 is 2.00 bits per heavy atom. The summed E-state index contributed by atoms with van der Waals surface area (Å²) in [7, 11) is 1.44. The van der Waals surface area contributed by atoms with Gasteiger partial charge in [0.15, 0.2) is 11.5 Å². The van der Waals surface area contributed by atoms with Gasteiger partial charge in [0.1, 0.15) is 0 Å². The van der Waals surface area contributed by atoms with Gasteiger partial charge in [-0.1, -0.05) is 25.4 Å². The minimum Gasteiger partial charge on any atom is -0.503 e. The van der Waals surface area contributed by atoms with E-state index in [0.717, 1.165) is 0 Å². The number of nitrogens with two attached hydrogens (primary N) is 1. The molecular formula is C12H19Cl2NO3. The van der Waals surface area contributed by atoms with Crippen LogP contribution in [-0.2, 0) is 0 Å². The predicted molar refractivity (Wildman–Crippen MR) is 74.7 cm³/mol. The summed E-state index contributed by atoms with van der Waals surface area (Å²) in [6.07, 6.45) is 0. The Kier molecular flexibility index (Phi) is 6.23. The number of phenolic OH excluding ortho intramolecular Hbond substituents is 1. The fourth-order valence-electron chi connectivity index (χ4n) is 1.48. The van der Waals surface area contributed by atoms with E-state index in [0.29, 0.717) is 5.56 Å². The van der Waals surface area contributed by atoms with Crippen LogP contribution in [0.3, 0.4) is 0 Å². The van der Waals surface area contributed by atoms with Crippen molar-refractivity contribution in [2.24, 2.45) is 11.1 Å². The Hall–Kier alpha value is -0.680. The van der Waals surface area contributed by atoms with Crippen LogP contribution in [0.25, 0.3) is 0 Å². The van der Waals surface area contributed by atoms with Crippen molar-refractivity contribution in [1.29, 1.82) is 0 Å². The summed E-state index contributed by atoms with van der Waals surface area (Å²) in [6.45, 7) is 3.66. The molecule has 0 radical (unpaired) electrons. The van der Waals surface area contributed by atoms with Crippen LogP contribution in [0, 0.1) is 5.41 Å². The molecule has 0 aliphatic heterocycles. The highest BCUT2D eigenvalue weighted by atomic mass is 35.5. The van der Waals surface area contributed by atoms with Crippen LogP contribution in [-0.4, -0.2) is 23.9 Å². The molecule has 0 fully saturated rings. The molecule has 0 aromatic heterocycles. The third kappa shape index (κ3) is 3.42. The molecule has 0 aliphatic rings. The molecule has 0 heterocycles. The second-order valence-electron chi connectivity index (χ2n) is 4.68. The van der Waals surface area contributed by atoms with Gasteiger partial charge in [0.25, 0.3) is 0 Å². The van der Waals surface area contributed by atoms with E-state index >= 15 is 0 Å². The van der Waals surface area contributed by atoms with E-state index in [2.05, 4.69) is 0 Å². The fourth-order valence-corrected chi connectivity index (χ4v) is 1.70. The summed E-state index contributed by atoms with van der Waals surface area (Å²) in [5.74, 6) is 0.170. The number of benzene rings is 1. The molecule has 104 valence electrons. The lowest BCUT2D eigenvalue weighted by atomic mass is 9.82. The molecule has 0 spiro atoms. The van der Waals surface area contributed by atoms with Crippen molar-refractivity contribution in [1.82, 2.24) is 0 Å². The zero-order valence-corrected chi connectivity index (χ0v) is 12.2. The van der Waals surface area contributed by atoms with E-state index < -0.39 is 11.5 Å². The molecule has 0 bridgehead atoms. The van der Waals surface area contributed by atoms with Gasteiger partial charge in [-0.2, -0.15) is 0 Å². The number of rotatable bonds is 4. The van der Waals surface area contributed by atoms with Crippen molar-refractivity contribution < 1.29 is 14.9 Å². The second kappa shape index (κ2) is 6.48. The van der Waals surface area contributed by atoms with Crippen molar-refractivity contribution in [3.63, 3.8) is 0 Å². The molecule has 0 amide bonds. The molecule has 0 saturated heterocycles. The van der Waals surface area contributed by atoms with Gasteiger partial charge in [-0.15, -0.1) is 12.4 Å². The first-order valence-electron chi connectivity index (χ1n) is 5.26. The summed E-state index contributed by atoms with van der Waals surface area (Å²) in [6, 6.07) is 2.81. The van der Waals surface area contributed by atoms with Gasteiger partial charge in [-0.05, 0) is 17.7 Å². The van der Waals surface area contributed by atoms with Crippen molar-refractivity contribution in [3.05, 3.63) is 22.7 Å². The molecule has 1 aromatic carbocycles. The van der Waals surface area contributed by atoms with Gasteiger partial charge in [0.05, 0.1) is 12.1 Å². The van der Waals surface area contributed by atoms with E-state index in [1.165, 1.54) is 7.11 Å². The highest BCUT2D eigenvalue weighted by Gasteiger charge is 2.28. The van der Waals surface area contributed by atoms with Crippen molar-refractivity contribution in [2.75, 3.05) is 13.7 Å². The normalized spacial score (nSPS) is 12.8. The predicted octanol–water partition coefficient (Wildman–Crippen LogP) is 2.49. The number of methoxy groups -OCH3 is 1. The number of hydrogen-bond acceptors (Lipinski definition) is 4. The van der Waals surface area contributed by atoms with Crippen molar-refractivity contribution in [2.45, 2.75) is 19.9 Å². The van der Waals surface area contributed by atoms with Crippen molar-refractivity contribution in [3.8, 4) is 11.5 Å². The first-order valence-corrected chi connectivity index (χ1v) is 5.64. The monoisotopic (exact) mass is 295 g/mol. The Morgan fingerprint density at radius 1 is 1.44 bits per heavy atom. The molecular weight excluding hydrogens is 277 g/mol. The molecule has 1 atom stereocenters. The molecule has 0 unspecified atom stereocenters. The standard InChI is InChI=1S/C12H18ClNO3.ClH/c1-12(2,6-15)11(14)7-4-8(13)10(16)9(5-7)17-3;/h4-5,11,15-16H,6,14H2,1-3H3;1H/t11-;/m1./s1. The number of aliphatic hydroxyl groups is 1. The Balaban J connectivity index is 0.00000289. The van der Waals surface area contributed by atoms with Crippen LogP contribution in [0.5, 0.6) is 11.5 Å². The first-order chi connectivity index (χ1) is 7.83. The summed E-state index contributed by atoms with van der Waals surface area (Å²) in [5.41, 5.74) is 6.30. The lowest BCUT2D eigenvalue weighted by Gasteiger charge is -2.30. The Labute approximate surface area is 118 Å². The maximum atomic E-state index is 9.62. The zero-order chi connectivity index (χ0) is 13.2. The Bertz CT molecular complexity index is 411. The lowest BCUT2D eigenvalue weighted by molar-refractivity contribution is 0.132. The van der Waals surface area contributed by atoms with Gasteiger partial charge >= 0.3 is 0 Å². The largest absolute Gasteiger partial charge is 0.503 e. The van der Waals surface area contributed by atoms with Crippen LogP contribution >= 0.6 is 24.0 Å². The second-order valence-corrected chi connectivity index (χ2v) is 5.09. The summed E-state index contributed by atoms with van der Waals surface area (Å²) in [4.78, 5) is 0. The van der Waals surface area contributed by atoms with E-state index in [-0.39, 0.29) is 35.5 Å². The first kappa shape index (κ1) is 17.3. The number of hydrogen-bond donors (Lipinski definition) is 3. The van der Waals surface area contributed by atoms with Crippen molar-refractivity contribution >= 4 is 24.0 Å². The smallest absolute Gasteiger partial charge is 0.176 e. The minimum atomic E-state index is -0.481. The number of phenols is 1. The van der Waals surface area contributed by atoms with Crippen LogP contribution in [0.15, 0.2) is 12.1 Å². The third-order valence-corrected chi connectivity index (χ3v) is 3.17. The zero-order valence-electron chi connectivity index (χ0n) is 10.6. The van der Waals surface area contributed by atoms with Crippen LogP contribution in [0.1, 0.15) is 25.5 Å². The molecule has 0 aliphatic carbocycles. The lowest BCUT2D eigenvalue weighted by Crippen LogP contribution is -2.32. The van der Waals surface area contributed by atoms with E-state index in [4.69, 9.17) is 22.1 Å². The topological polar surface area (TPSA) is 75.7 Å². The van der Waals surface area contributed by atoms with E-state index in [1.807, 2.05) is 13.8 Å². The van der Waals surface area contributed by atoms with Crippen LogP contribution in [0.4, 0.5) is 0 Å². The summed E-state index contributed by atoms with van der Waals surface area (Å²) < 4.78 is 5.01. The number of aromatic hydroxyl groups is 1. The quantitative estimate of drug-likeness (QED) is 0.798. The van der Waals surface area contributed by atoms with Gasteiger partial charge in [0, 0.05) is 18.1 Å². The third-order valence-electron chi connectivity index (χ3n) is 2.88. The molecule has 18 heavy (non-hydrogen) atoms. The number of ether oxygens (including phenoxy) is 1. The highest BCUT2D eigenvalue weighted by Crippen LogP contribution is 2.39. The molecule has 1 rings (SSSR count). The van der Waals surface area contributed by atoms with Gasteiger partial charge < -0.3 is 20.7 Å². The molecule has 6 heteroatoms. The SMILES string of the molecule is COc1cc([C@@H](N)C(C)(C)CO)cc(Cl)c1O.Cl. The minimum absolute atomic E-state index is 0. The summed E-state index contributed by atoms with van der Waals surface area (Å²) >= 11 is 5.89. The maximum Gasteiger partial charge on any atom is 0.176 e. The molecule has 1 aromatic rings. The Morgan fingerprint density at radius 3 is 2.44 bits per heavy atom. The number of aliphatic hydroxyl groups excluding tert-OH is 1. The van der Waals surface area contributed by atoms with E-state index in [9.17, 15) is 10.2 Å². The fraction of sp³-hybridized carbons (Fsp3) is 0.500. The average Bonchev–Trinajstić information content (AvgIpc) is 2.31. The highest BCUT2D eigenvalue weighted by molar-refractivity contribution is 6.32. The van der Waals surface area contributed by atoms with Gasteiger partial charge in [-0.25, -0.2) is 0 Å². The maximum absolute atomic E-state index is 9.62. The molecule has 4 N–H and O–H groups in total. The molecule has 4 nitrogen and oxygen atoms in total. The van der Waals surface area contributed by atoms with Gasteiger partial charge in [0.2, 0.25) is 0 Å². The van der Waals surface area contributed by atoms with E-state index in [1.54, 1.807) is 12.1 Å². The summed E-state index contributed by atoms with van der Waals surface area (Å²) in [5, 5.41) is 19.1.